The maximum absolute atomic E-state index is 6.40. The number of likely N-dealkylation sites (N-methyl/N-ethyl adjacent to an activating group) is 1. The standard InChI is InChI=1S/C18H32N2S/c1-4-6-15-8-9-18(19)16(12-15)13-20(3)14(2)11-17-7-5-10-21-17/h5,7,10,14-16,18H,4,6,8-9,11-13,19H2,1-3H3. The van der Waals surface area contributed by atoms with Crippen molar-refractivity contribution in [3.05, 3.63) is 22.4 Å². The molecule has 0 saturated heterocycles. The normalized spacial score (nSPS) is 28.0. The summed E-state index contributed by atoms with van der Waals surface area (Å²) in [6.45, 7) is 5.81. The molecule has 2 N–H and O–H groups in total. The van der Waals surface area contributed by atoms with Crippen LogP contribution in [0.3, 0.4) is 0 Å². The van der Waals surface area contributed by atoms with Gasteiger partial charge in [0.25, 0.3) is 0 Å². The van der Waals surface area contributed by atoms with Crippen molar-refractivity contribution in [2.24, 2.45) is 17.6 Å². The molecule has 1 heterocycles. The number of nitrogens with two attached hydrogens (primary N) is 1. The second-order valence-corrected chi connectivity index (χ2v) is 8.00. The van der Waals surface area contributed by atoms with Crippen LogP contribution in [-0.2, 0) is 6.42 Å². The van der Waals surface area contributed by atoms with Gasteiger partial charge in [-0.3, -0.25) is 0 Å². The smallest absolute Gasteiger partial charge is 0.0112 e. The molecule has 1 aromatic rings. The van der Waals surface area contributed by atoms with Gasteiger partial charge >= 0.3 is 0 Å². The van der Waals surface area contributed by atoms with Crippen molar-refractivity contribution >= 4 is 11.3 Å². The maximum atomic E-state index is 6.40. The molecule has 0 aromatic carbocycles. The molecule has 21 heavy (non-hydrogen) atoms. The highest BCUT2D eigenvalue weighted by Crippen LogP contribution is 2.32. The molecule has 4 atom stereocenters. The van der Waals surface area contributed by atoms with Crippen LogP contribution in [0.5, 0.6) is 0 Å². The molecule has 0 radical (unpaired) electrons. The summed E-state index contributed by atoms with van der Waals surface area (Å²) in [6, 6.07) is 5.41. The van der Waals surface area contributed by atoms with Crippen molar-refractivity contribution in [2.45, 2.75) is 64.5 Å². The summed E-state index contributed by atoms with van der Waals surface area (Å²) in [5.41, 5.74) is 6.40. The third-order valence-electron chi connectivity index (χ3n) is 5.20. The van der Waals surface area contributed by atoms with Crippen LogP contribution in [-0.4, -0.2) is 30.6 Å². The van der Waals surface area contributed by atoms with Crippen LogP contribution in [0.25, 0.3) is 0 Å². The molecule has 2 rings (SSSR count). The Bertz CT molecular complexity index is 390. The molecule has 1 aliphatic rings. The first-order valence-corrected chi connectivity index (χ1v) is 9.46. The topological polar surface area (TPSA) is 29.3 Å². The van der Waals surface area contributed by atoms with Gasteiger partial charge in [0.1, 0.15) is 0 Å². The van der Waals surface area contributed by atoms with E-state index in [9.17, 15) is 0 Å². The molecular formula is C18H32N2S. The van der Waals surface area contributed by atoms with E-state index < -0.39 is 0 Å². The lowest BCUT2D eigenvalue weighted by molar-refractivity contribution is 0.146. The van der Waals surface area contributed by atoms with Crippen molar-refractivity contribution in [3.63, 3.8) is 0 Å². The van der Waals surface area contributed by atoms with Gasteiger partial charge in [0.2, 0.25) is 0 Å². The summed E-state index contributed by atoms with van der Waals surface area (Å²) in [5, 5.41) is 2.18. The van der Waals surface area contributed by atoms with E-state index in [2.05, 4.69) is 43.3 Å². The highest BCUT2D eigenvalue weighted by molar-refractivity contribution is 7.09. The maximum Gasteiger partial charge on any atom is 0.0112 e. The molecule has 1 aliphatic carbocycles. The average Bonchev–Trinajstić information content (AvgIpc) is 2.95. The lowest BCUT2D eigenvalue weighted by atomic mass is 9.76. The Morgan fingerprint density at radius 2 is 2.24 bits per heavy atom. The molecule has 4 unspecified atom stereocenters. The molecule has 0 aliphatic heterocycles. The van der Waals surface area contributed by atoms with Crippen LogP contribution in [0.15, 0.2) is 17.5 Å². The zero-order valence-corrected chi connectivity index (χ0v) is 14.7. The van der Waals surface area contributed by atoms with Gasteiger partial charge in [-0.15, -0.1) is 11.3 Å². The monoisotopic (exact) mass is 308 g/mol. The third-order valence-corrected chi connectivity index (χ3v) is 6.10. The second kappa shape index (κ2) is 8.30. The Kier molecular flexibility index (Phi) is 6.72. The SMILES string of the molecule is CCCC1CCC(N)C(CN(C)C(C)Cc2cccs2)C1. The highest BCUT2D eigenvalue weighted by Gasteiger charge is 2.29. The number of hydrogen-bond acceptors (Lipinski definition) is 3. The lowest BCUT2D eigenvalue weighted by Gasteiger charge is -2.38. The molecule has 0 spiro atoms. The molecule has 0 bridgehead atoms. The van der Waals surface area contributed by atoms with E-state index >= 15 is 0 Å². The largest absolute Gasteiger partial charge is 0.327 e. The number of thiophene rings is 1. The van der Waals surface area contributed by atoms with Gasteiger partial charge in [-0.25, -0.2) is 0 Å². The fourth-order valence-corrected chi connectivity index (χ4v) is 4.52. The van der Waals surface area contributed by atoms with Crippen molar-refractivity contribution in [1.82, 2.24) is 4.90 Å². The van der Waals surface area contributed by atoms with E-state index in [0.29, 0.717) is 18.0 Å². The van der Waals surface area contributed by atoms with Gasteiger partial charge in [-0.2, -0.15) is 0 Å². The predicted octanol–water partition coefficient (Wildman–Crippen LogP) is 4.15. The molecule has 1 fully saturated rings. The summed E-state index contributed by atoms with van der Waals surface area (Å²) in [4.78, 5) is 4.02. The fourth-order valence-electron chi connectivity index (χ4n) is 3.69. The van der Waals surface area contributed by atoms with Crippen LogP contribution < -0.4 is 5.73 Å². The summed E-state index contributed by atoms with van der Waals surface area (Å²) in [7, 11) is 2.27. The van der Waals surface area contributed by atoms with Crippen LogP contribution >= 0.6 is 11.3 Å². The van der Waals surface area contributed by atoms with Gasteiger partial charge < -0.3 is 10.6 Å². The Labute approximate surface area is 134 Å². The zero-order chi connectivity index (χ0) is 15.2. The Morgan fingerprint density at radius 1 is 1.43 bits per heavy atom. The van der Waals surface area contributed by atoms with Gasteiger partial charge in [0.15, 0.2) is 0 Å². The first-order chi connectivity index (χ1) is 10.1. The zero-order valence-electron chi connectivity index (χ0n) is 13.9. The number of hydrogen-bond donors (Lipinski definition) is 1. The highest BCUT2D eigenvalue weighted by atomic mass is 32.1. The molecule has 1 aromatic heterocycles. The molecule has 0 amide bonds. The van der Waals surface area contributed by atoms with E-state index in [1.807, 2.05) is 11.3 Å². The first kappa shape index (κ1) is 17.0. The fraction of sp³-hybridized carbons (Fsp3) is 0.778. The van der Waals surface area contributed by atoms with Gasteiger partial charge in [-0.1, -0.05) is 25.8 Å². The summed E-state index contributed by atoms with van der Waals surface area (Å²) < 4.78 is 0. The van der Waals surface area contributed by atoms with Crippen molar-refractivity contribution < 1.29 is 0 Å². The molecule has 1 saturated carbocycles. The van der Waals surface area contributed by atoms with Gasteiger partial charge in [-0.05, 0) is 62.9 Å². The molecule has 3 heteroatoms. The minimum absolute atomic E-state index is 0.412. The summed E-state index contributed by atoms with van der Waals surface area (Å²) >= 11 is 1.87. The molecule has 120 valence electrons. The Balaban J connectivity index is 1.83. The Morgan fingerprint density at radius 3 is 2.90 bits per heavy atom. The molecular weight excluding hydrogens is 276 g/mol. The second-order valence-electron chi connectivity index (χ2n) is 6.96. The quantitative estimate of drug-likeness (QED) is 0.819. The summed E-state index contributed by atoms with van der Waals surface area (Å²) in [5.74, 6) is 1.60. The number of rotatable bonds is 7. The van der Waals surface area contributed by atoms with Gasteiger partial charge in [0, 0.05) is 23.5 Å². The third kappa shape index (κ3) is 5.08. The minimum Gasteiger partial charge on any atom is -0.327 e. The van der Waals surface area contributed by atoms with E-state index in [0.717, 1.165) is 18.9 Å². The van der Waals surface area contributed by atoms with Crippen LogP contribution in [0.2, 0.25) is 0 Å². The Hall–Kier alpha value is -0.380. The minimum atomic E-state index is 0.412. The summed E-state index contributed by atoms with van der Waals surface area (Å²) in [6.07, 6.45) is 7.77. The van der Waals surface area contributed by atoms with Crippen LogP contribution in [0, 0.1) is 11.8 Å². The number of nitrogens with zero attached hydrogens (tertiary/aromatic N) is 1. The van der Waals surface area contributed by atoms with E-state index in [-0.39, 0.29) is 0 Å². The van der Waals surface area contributed by atoms with E-state index in [1.165, 1.54) is 37.0 Å². The van der Waals surface area contributed by atoms with Crippen LogP contribution in [0.1, 0.15) is 50.8 Å². The van der Waals surface area contributed by atoms with Gasteiger partial charge in [0.05, 0.1) is 0 Å². The van der Waals surface area contributed by atoms with Crippen molar-refractivity contribution in [1.29, 1.82) is 0 Å². The van der Waals surface area contributed by atoms with E-state index in [4.69, 9.17) is 5.73 Å². The predicted molar refractivity (Wildman–Crippen MR) is 93.8 cm³/mol. The van der Waals surface area contributed by atoms with E-state index in [1.54, 1.807) is 0 Å². The lowest BCUT2D eigenvalue weighted by Crippen LogP contribution is -2.44. The first-order valence-electron chi connectivity index (χ1n) is 8.58. The average molecular weight is 309 g/mol. The van der Waals surface area contributed by atoms with Crippen molar-refractivity contribution in [2.75, 3.05) is 13.6 Å². The van der Waals surface area contributed by atoms with Crippen LogP contribution in [0.4, 0.5) is 0 Å². The molecule has 2 nitrogen and oxygen atoms in total. The van der Waals surface area contributed by atoms with Crippen molar-refractivity contribution in [3.8, 4) is 0 Å².